The van der Waals surface area contributed by atoms with Gasteiger partial charge >= 0.3 is 6.18 Å². The third-order valence-corrected chi connectivity index (χ3v) is 8.48. The van der Waals surface area contributed by atoms with Crippen LogP contribution in [0, 0.1) is 6.92 Å². The Kier molecular flexibility index (Phi) is 7.57. The van der Waals surface area contributed by atoms with E-state index < -0.39 is 17.6 Å². The number of aromatic amines is 1. The minimum absolute atomic E-state index is 0.144. The van der Waals surface area contributed by atoms with Crippen LogP contribution in [0.4, 0.5) is 18.9 Å². The van der Waals surface area contributed by atoms with Crippen molar-refractivity contribution in [1.82, 2.24) is 20.0 Å². The summed E-state index contributed by atoms with van der Waals surface area (Å²) < 4.78 is 41.5. The number of amides is 1. The van der Waals surface area contributed by atoms with E-state index in [2.05, 4.69) is 25.3 Å². The van der Waals surface area contributed by atoms with Crippen LogP contribution in [0.5, 0.6) is 0 Å². The normalized spacial score (nSPS) is 17.4. The number of benzene rings is 3. The second-order valence-corrected chi connectivity index (χ2v) is 11.3. The van der Waals surface area contributed by atoms with Gasteiger partial charge in [-0.1, -0.05) is 31.0 Å². The van der Waals surface area contributed by atoms with Crippen molar-refractivity contribution in [2.24, 2.45) is 0 Å². The molecule has 6 rings (SSSR count). The molecular formula is C32H34F3N5O. The number of rotatable bonds is 6. The fourth-order valence-electron chi connectivity index (χ4n) is 6.22. The van der Waals surface area contributed by atoms with Crippen LogP contribution in [0.2, 0.25) is 0 Å². The molecule has 1 saturated heterocycles. The van der Waals surface area contributed by atoms with Crippen LogP contribution in [-0.4, -0.2) is 58.1 Å². The van der Waals surface area contributed by atoms with Crippen LogP contribution >= 0.6 is 0 Å². The number of halogens is 3. The Morgan fingerprint density at radius 1 is 1.00 bits per heavy atom. The molecule has 0 unspecified atom stereocenters. The molecule has 0 bridgehead atoms. The Hall–Kier alpha value is -3.69. The number of aromatic nitrogens is 2. The molecule has 3 aromatic carbocycles. The van der Waals surface area contributed by atoms with Crippen molar-refractivity contribution < 1.29 is 18.0 Å². The minimum Gasteiger partial charge on any atom is -0.322 e. The highest BCUT2D eigenvalue weighted by molar-refractivity contribution is 6.05. The topological polar surface area (TPSA) is 64.3 Å². The second-order valence-electron chi connectivity index (χ2n) is 11.3. The maximum Gasteiger partial charge on any atom is 0.416 e. The van der Waals surface area contributed by atoms with Crippen molar-refractivity contribution in [3.63, 3.8) is 0 Å². The summed E-state index contributed by atoms with van der Waals surface area (Å²) in [7, 11) is 0. The molecule has 41 heavy (non-hydrogen) atoms. The number of carbonyl (C=O) groups excluding carboxylic acids is 1. The molecule has 1 aliphatic carbocycles. The van der Waals surface area contributed by atoms with Gasteiger partial charge in [-0.2, -0.15) is 18.3 Å². The van der Waals surface area contributed by atoms with Crippen molar-refractivity contribution in [3.8, 4) is 11.1 Å². The number of alkyl halides is 3. The summed E-state index contributed by atoms with van der Waals surface area (Å²) >= 11 is 0. The molecule has 0 spiro atoms. The minimum atomic E-state index is -4.51. The van der Waals surface area contributed by atoms with E-state index in [4.69, 9.17) is 0 Å². The van der Waals surface area contributed by atoms with Gasteiger partial charge in [-0.15, -0.1) is 0 Å². The Morgan fingerprint density at radius 3 is 2.54 bits per heavy atom. The zero-order chi connectivity index (χ0) is 28.6. The second kappa shape index (κ2) is 11.3. The first-order valence-corrected chi connectivity index (χ1v) is 14.3. The third-order valence-electron chi connectivity index (χ3n) is 8.48. The number of carbonyl (C=O) groups is 1. The first-order valence-electron chi connectivity index (χ1n) is 14.3. The predicted molar refractivity (Wildman–Crippen MR) is 155 cm³/mol. The molecule has 4 aromatic rings. The van der Waals surface area contributed by atoms with Gasteiger partial charge in [0.25, 0.3) is 5.91 Å². The predicted octanol–water partition coefficient (Wildman–Crippen LogP) is 6.87. The lowest BCUT2D eigenvalue weighted by atomic mass is 9.97. The molecule has 1 aliphatic heterocycles. The SMILES string of the molecule is Cc1ccc(C(=O)Nc2cc(CN3CCN(C4CCCC4)CC3)cc(C(F)(F)F)c2)cc1-c1ccc2cn[nH]c2c1. The van der Waals surface area contributed by atoms with Gasteiger partial charge in [-0.05, 0) is 78.4 Å². The summed E-state index contributed by atoms with van der Waals surface area (Å²) in [4.78, 5) is 18.0. The molecule has 0 atom stereocenters. The van der Waals surface area contributed by atoms with Gasteiger partial charge < -0.3 is 5.32 Å². The van der Waals surface area contributed by atoms with Crippen LogP contribution in [-0.2, 0) is 12.7 Å². The smallest absolute Gasteiger partial charge is 0.322 e. The number of fused-ring (bicyclic) bond motifs is 1. The third kappa shape index (κ3) is 6.16. The van der Waals surface area contributed by atoms with E-state index in [1.165, 1.54) is 31.7 Å². The van der Waals surface area contributed by atoms with E-state index in [0.29, 0.717) is 23.7 Å². The lowest BCUT2D eigenvalue weighted by Gasteiger charge is -2.38. The quantitative estimate of drug-likeness (QED) is 0.270. The van der Waals surface area contributed by atoms with E-state index in [9.17, 15) is 18.0 Å². The molecule has 1 amide bonds. The molecule has 9 heteroatoms. The Balaban J connectivity index is 1.20. The van der Waals surface area contributed by atoms with Gasteiger partial charge in [0, 0.05) is 55.4 Å². The number of anilines is 1. The monoisotopic (exact) mass is 561 g/mol. The molecule has 214 valence electrons. The first-order chi connectivity index (χ1) is 19.7. The highest BCUT2D eigenvalue weighted by Crippen LogP contribution is 2.33. The number of hydrogen-bond donors (Lipinski definition) is 2. The van der Waals surface area contributed by atoms with E-state index in [1.807, 2.05) is 31.2 Å². The highest BCUT2D eigenvalue weighted by atomic mass is 19.4. The zero-order valence-electron chi connectivity index (χ0n) is 23.1. The Bertz CT molecular complexity index is 1550. The molecular weight excluding hydrogens is 527 g/mol. The number of H-pyrrole nitrogens is 1. The zero-order valence-corrected chi connectivity index (χ0v) is 23.1. The number of nitrogens with zero attached hydrogens (tertiary/aromatic N) is 3. The van der Waals surface area contributed by atoms with Gasteiger partial charge in [0.2, 0.25) is 0 Å². The largest absolute Gasteiger partial charge is 0.416 e. The van der Waals surface area contributed by atoms with Crippen molar-refractivity contribution in [2.75, 3.05) is 31.5 Å². The van der Waals surface area contributed by atoms with E-state index >= 15 is 0 Å². The van der Waals surface area contributed by atoms with Crippen LogP contribution in [0.15, 0.2) is 60.8 Å². The molecule has 2 aliphatic rings. The summed E-state index contributed by atoms with van der Waals surface area (Å²) in [6.45, 7) is 5.90. The fraction of sp³-hybridized carbons (Fsp3) is 0.375. The first kappa shape index (κ1) is 27.5. The van der Waals surface area contributed by atoms with E-state index in [1.54, 1.807) is 24.4 Å². The van der Waals surface area contributed by atoms with Crippen molar-refractivity contribution in [3.05, 3.63) is 83.0 Å². The standard InChI is InChI=1S/C32H34F3N5O/c1-21-6-7-24(16-29(21)23-8-9-25-19-36-38-30(25)17-23)31(41)37-27-15-22(14-26(18-27)32(33,34)35)20-39-10-12-40(13-11-39)28-4-2-3-5-28/h6-9,14-19,28H,2-5,10-13,20H2,1H3,(H,36,38)(H,37,41). The van der Waals surface area contributed by atoms with Crippen molar-refractivity contribution in [1.29, 1.82) is 0 Å². The highest BCUT2D eigenvalue weighted by Gasteiger charge is 2.32. The molecule has 0 radical (unpaired) electrons. The molecule has 2 heterocycles. The summed E-state index contributed by atoms with van der Waals surface area (Å²) in [5.41, 5.74) is 3.96. The van der Waals surface area contributed by atoms with Crippen LogP contribution in [0.1, 0.15) is 52.7 Å². The van der Waals surface area contributed by atoms with E-state index in [-0.39, 0.29) is 5.69 Å². The molecule has 1 saturated carbocycles. The van der Waals surface area contributed by atoms with Gasteiger partial charge in [0.15, 0.2) is 0 Å². The van der Waals surface area contributed by atoms with Gasteiger partial charge in [-0.3, -0.25) is 19.7 Å². The van der Waals surface area contributed by atoms with Crippen LogP contribution in [0.3, 0.4) is 0 Å². The average molecular weight is 562 g/mol. The Morgan fingerprint density at radius 2 is 1.78 bits per heavy atom. The van der Waals surface area contributed by atoms with E-state index in [0.717, 1.165) is 59.8 Å². The van der Waals surface area contributed by atoms with Gasteiger partial charge in [0.05, 0.1) is 17.3 Å². The fourth-order valence-corrected chi connectivity index (χ4v) is 6.22. The van der Waals surface area contributed by atoms with Crippen LogP contribution in [0.25, 0.3) is 22.0 Å². The van der Waals surface area contributed by atoms with Gasteiger partial charge in [0.1, 0.15) is 0 Å². The summed E-state index contributed by atoms with van der Waals surface area (Å²) in [5, 5.41) is 10.7. The van der Waals surface area contributed by atoms with Crippen LogP contribution < -0.4 is 5.32 Å². The maximum atomic E-state index is 13.8. The molecule has 2 N–H and O–H groups in total. The van der Waals surface area contributed by atoms with Crippen molar-refractivity contribution >= 4 is 22.5 Å². The maximum absolute atomic E-state index is 13.8. The van der Waals surface area contributed by atoms with Crippen molar-refractivity contribution in [2.45, 2.75) is 51.4 Å². The molecule has 6 nitrogen and oxygen atoms in total. The number of piperazine rings is 1. The molecule has 1 aromatic heterocycles. The number of aryl methyl sites for hydroxylation is 1. The molecule has 2 fully saturated rings. The van der Waals surface area contributed by atoms with Gasteiger partial charge in [-0.25, -0.2) is 0 Å². The summed E-state index contributed by atoms with van der Waals surface area (Å²) in [6.07, 6.45) is 2.30. The number of hydrogen-bond acceptors (Lipinski definition) is 4. The lowest BCUT2D eigenvalue weighted by Crippen LogP contribution is -2.49. The Labute approximate surface area is 237 Å². The average Bonchev–Trinajstić information content (AvgIpc) is 3.65. The summed E-state index contributed by atoms with van der Waals surface area (Å²) in [5.74, 6) is -0.454. The lowest BCUT2D eigenvalue weighted by molar-refractivity contribution is -0.137. The summed E-state index contributed by atoms with van der Waals surface area (Å²) in [6, 6.07) is 15.8. The number of nitrogens with one attached hydrogen (secondary N) is 2.